The highest BCUT2D eigenvalue weighted by molar-refractivity contribution is 7.91. The van der Waals surface area contributed by atoms with Gasteiger partial charge < -0.3 is 0 Å². The van der Waals surface area contributed by atoms with Gasteiger partial charge in [0.05, 0.1) is 14.7 Å². The maximum Gasteiger partial charge on any atom is 0.240 e. The molecule has 0 unspecified atom stereocenters. The first-order chi connectivity index (χ1) is 15.2. The standard InChI is InChI=1S/C24H28ClNO4S2/c25-20-4-6-21(7-5-20)31(27,28)22-2-1-3-23(13-22)32(29,30)26-9-8-24-14-17-10-18(15-24)12-19(11-17)16-24/h1-7,13,17-19,26H,8-12,14-16H2. The first-order valence-electron chi connectivity index (χ1n) is 11.3. The van der Waals surface area contributed by atoms with Crippen molar-refractivity contribution in [1.29, 1.82) is 0 Å². The second kappa shape index (κ2) is 8.12. The third-order valence-corrected chi connectivity index (χ3v) is 11.1. The van der Waals surface area contributed by atoms with Crippen molar-refractivity contribution in [2.45, 2.75) is 59.6 Å². The van der Waals surface area contributed by atoms with Gasteiger partial charge >= 0.3 is 0 Å². The Balaban J connectivity index is 1.30. The van der Waals surface area contributed by atoms with Crippen LogP contribution in [0.2, 0.25) is 5.02 Å². The summed E-state index contributed by atoms with van der Waals surface area (Å²) >= 11 is 5.86. The fourth-order valence-electron chi connectivity index (χ4n) is 6.69. The van der Waals surface area contributed by atoms with Crippen molar-refractivity contribution in [2.24, 2.45) is 23.2 Å². The van der Waals surface area contributed by atoms with Gasteiger partial charge in [-0.3, -0.25) is 0 Å². The molecule has 2 aromatic carbocycles. The summed E-state index contributed by atoms with van der Waals surface area (Å²) in [6.45, 7) is 0.392. The lowest BCUT2D eigenvalue weighted by molar-refractivity contribution is -0.0561. The fraction of sp³-hybridized carbons (Fsp3) is 0.500. The molecule has 172 valence electrons. The number of sulfone groups is 1. The predicted octanol–water partition coefficient (Wildman–Crippen LogP) is 5.06. The van der Waals surface area contributed by atoms with Crippen LogP contribution in [-0.2, 0) is 19.9 Å². The van der Waals surface area contributed by atoms with Gasteiger partial charge in [0.25, 0.3) is 0 Å². The Bertz CT molecular complexity index is 1190. The highest BCUT2D eigenvalue weighted by atomic mass is 35.5. The molecule has 32 heavy (non-hydrogen) atoms. The van der Waals surface area contributed by atoms with Crippen molar-refractivity contribution in [3.05, 3.63) is 53.6 Å². The minimum atomic E-state index is -3.84. The van der Waals surface area contributed by atoms with E-state index in [1.54, 1.807) is 0 Å². The molecule has 5 nitrogen and oxygen atoms in total. The quantitative estimate of drug-likeness (QED) is 0.584. The van der Waals surface area contributed by atoms with Crippen molar-refractivity contribution in [3.63, 3.8) is 0 Å². The zero-order valence-electron chi connectivity index (χ0n) is 17.8. The average Bonchev–Trinajstić information content (AvgIpc) is 2.73. The normalized spacial score (nSPS) is 29.3. The molecule has 0 spiro atoms. The number of rotatable bonds is 7. The molecule has 0 aliphatic heterocycles. The average molecular weight is 494 g/mol. The second-order valence-corrected chi connectivity index (χ2v) is 14.2. The molecule has 4 fully saturated rings. The largest absolute Gasteiger partial charge is 0.240 e. The molecular weight excluding hydrogens is 466 g/mol. The maximum absolute atomic E-state index is 13.0. The lowest BCUT2D eigenvalue weighted by Gasteiger charge is -2.57. The highest BCUT2D eigenvalue weighted by Crippen LogP contribution is 2.61. The number of hydrogen-bond donors (Lipinski definition) is 1. The van der Waals surface area contributed by atoms with E-state index in [0.717, 1.165) is 24.2 Å². The van der Waals surface area contributed by atoms with E-state index in [1.807, 2.05) is 0 Å². The zero-order valence-corrected chi connectivity index (χ0v) is 20.2. The van der Waals surface area contributed by atoms with Gasteiger partial charge in [-0.2, -0.15) is 0 Å². The Morgan fingerprint density at radius 3 is 1.97 bits per heavy atom. The second-order valence-electron chi connectivity index (χ2n) is 10.00. The van der Waals surface area contributed by atoms with Gasteiger partial charge in [-0.05, 0) is 111 Å². The van der Waals surface area contributed by atoms with Crippen molar-refractivity contribution >= 4 is 31.5 Å². The van der Waals surface area contributed by atoms with E-state index in [1.165, 1.54) is 87.1 Å². The molecule has 0 radical (unpaired) electrons. The summed E-state index contributed by atoms with van der Waals surface area (Å²) in [5.74, 6) is 2.48. The minimum absolute atomic E-state index is 0.0296. The number of halogens is 1. The first-order valence-corrected chi connectivity index (χ1v) is 14.6. The number of sulfonamides is 1. The lowest BCUT2D eigenvalue weighted by Crippen LogP contribution is -2.47. The molecular formula is C24H28ClNO4S2. The molecule has 4 aliphatic rings. The molecule has 0 saturated heterocycles. The molecule has 6 rings (SSSR count). The van der Waals surface area contributed by atoms with Gasteiger partial charge in [-0.1, -0.05) is 17.7 Å². The first kappa shape index (κ1) is 22.4. The van der Waals surface area contributed by atoms with E-state index < -0.39 is 19.9 Å². The Hall–Kier alpha value is -1.41. The summed E-state index contributed by atoms with van der Waals surface area (Å²) in [6, 6.07) is 11.4. The Kier molecular flexibility index (Phi) is 5.68. The molecule has 4 bridgehead atoms. The maximum atomic E-state index is 13.0. The number of nitrogens with one attached hydrogen (secondary N) is 1. The SMILES string of the molecule is O=S(=O)(NCCC12CC3CC(CC(C3)C1)C2)c1cccc(S(=O)(=O)c2ccc(Cl)cc2)c1. The van der Waals surface area contributed by atoms with E-state index in [0.29, 0.717) is 11.6 Å². The van der Waals surface area contributed by atoms with Crippen LogP contribution >= 0.6 is 11.6 Å². The molecule has 2 aromatic rings. The topological polar surface area (TPSA) is 80.3 Å². The van der Waals surface area contributed by atoms with Crippen LogP contribution < -0.4 is 4.72 Å². The minimum Gasteiger partial charge on any atom is -0.219 e. The van der Waals surface area contributed by atoms with Crippen LogP contribution in [0.5, 0.6) is 0 Å². The van der Waals surface area contributed by atoms with E-state index in [2.05, 4.69) is 4.72 Å². The summed E-state index contributed by atoms with van der Waals surface area (Å²) < 4.78 is 54.5. The van der Waals surface area contributed by atoms with Crippen LogP contribution in [0.3, 0.4) is 0 Å². The molecule has 0 aromatic heterocycles. The van der Waals surface area contributed by atoms with Crippen LogP contribution in [0.25, 0.3) is 0 Å². The van der Waals surface area contributed by atoms with E-state index in [-0.39, 0.29) is 20.1 Å². The van der Waals surface area contributed by atoms with Crippen molar-refractivity contribution < 1.29 is 16.8 Å². The third-order valence-electron chi connectivity index (χ3n) is 7.66. The predicted molar refractivity (Wildman–Crippen MR) is 124 cm³/mol. The van der Waals surface area contributed by atoms with Crippen LogP contribution in [0.4, 0.5) is 0 Å². The molecule has 0 atom stereocenters. The molecule has 0 amide bonds. The third kappa shape index (κ3) is 4.25. The monoisotopic (exact) mass is 493 g/mol. The van der Waals surface area contributed by atoms with Gasteiger partial charge in [0.2, 0.25) is 19.9 Å². The summed E-state index contributed by atoms with van der Waals surface area (Å²) in [5.41, 5.74) is 0.289. The van der Waals surface area contributed by atoms with E-state index >= 15 is 0 Å². The summed E-state index contributed by atoms with van der Waals surface area (Å²) in [7, 11) is -7.64. The highest BCUT2D eigenvalue weighted by Gasteiger charge is 2.50. The van der Waals surface area contributed by atoms with Crippen LogP contribution in [0, 0.1) is 23.2 Å². The zero-order chi connectivity index (χ0) is 22.6. The van der Waals surface area contributed by atoms with Crippen molar-refractivity contribution in [1.82, 2.24) is 4.72 Å². The van der Waals surface area contributed by atoms with Crippen molar-refractivity contribution in [3.8, 4) is 0 Å². The van der Waals surface area contributed by atoms with E-state index in [4.69, 9.17) is 11.6 Å². The lowest BCUT2D eigenvalue weighted by atomic mass is 9.49. The number of hydrogen-bond acceptors (Lipinski definition) is 4. The molecule has 1 N–H and O–H groups in total. The Labute approximate surface area is 195 Å². The summed E-state index contributed by atoms with van der Waals surface area (Å²) in [5, 5.41) is 0.434. The van der Waals surface area contributed by atoms with Gasteiger partial charge in [-0.15, -0.1) is 0 Å². The van der Waals surface area contributed by atoms with E-state index in [9.17, 15) is 16.8 Å². The number of benzene rings is 2. The van der Waals surface area contributed by atoms with Gasteiger partial charge in [0.1, 0.15) is 0 Å². The van der Waals surface area contributed by atoms with Gasteiger partial charge in [0, 0.05) is 11.6 Å². The summed E-state index contributed by atoms with van der Waals surface area (Å²) in [4.78, 5) is -0.00643. The molecule has 8 heteroatoms. The van der Waals surface area contributed by atoms with Crippen LogP contribution in [0.1, 0.15) is 44.9 Å². The van der Waals surface area contributed by atoms with Crippen LogP contribution in [0.15, 0.2) is 63.2 Å². The van der Waals surface area contributed by atoms with Gasteiger partial charge in [-0.25, -0.2) is 21.6 Å². The fourth-order valence-corrected chi connectivity index (χ4v) is 9.27. The van der Waals surface area contributed by atoms with Crippen LogP contribution in [-0.4, -0.2) is 23.4 Å². The Morgan fingerprint density at radius 2 is 1.38 bits per heavy atom. The summed E-state index contributed by atoms with van der Waals surface area (Å²) in [6.07, 6.45) is 8.64. The molecule has 4 aliphatic carbocycles. The van der Waals surface area contributed by atoms with Gasteiger partial charge in [0.15, 0.2) is 0 Å². The molecule has 0 heterocycles. The smallest absolute Gasteiger partial charge is 0.219 e. The van der Waals surface area contributed by atoms with Crippen molar-refractivity contribution in [2.75, 3.05) is 6.54 Å². The molecule has 4 saturated carbocycles. The Morgan fingerprint density at radius 1 is 0.812 bits per heavy atom.